The molecule has 3 aromatic rings. The van der Waals surface area contributed by atoms with E-state index >= 15 is 0 Å². The topological polar surface area (TPSA) is 0 Å². The first-order chi connectivity index (χ1) is 14.1. The maximum absolute atomic E-state index is 13.8. The van der Waals surface area contributed by atoms with E-state index < -0.39 is 57.7 Å². The van der Waals surface area contributed by atoms with Gasteiger partial charge in [0.05, 0.1) is 8.42 Å². The number of rotatable bonds is 6. The molecule has 0 saturated heterocycles. The molecule has 1 aromatic heterocycles. The van der Waals surface area contributed by atoms with Gasteiger partial charge >= 0.3 is 0 Å². The molecule has 0 spiro atoms. The second kappa shape index (κ2) is 9.55. The molecule has 2 aromatic carbocycles. The van der Waals surface area contributed by atoms with Gasteiger partial charge in [-0.1, -0.05) is 12.2 Å². The Morgan fingerprint density at radius 1 is 0.600 bits per heavy atom. The van der Waals surface area contributed by atoms with Gasteiger partial charge in [0.15, 0.2) is 46.5 Å². The average Bonchev–Trinajstić information content (AvgIpc) is 3.07. The summed E-state index contributed by atoms with van der Waals surface area (Å²) in [6, 6.07) is 1.08. The van der Waals surface area contributed by atoms with Gasteiger partial charge in [-0.25, -0.2) is 35.1 Å². The summed E-state index contributed by atoms with van der Waals surface area (Å²) in [6.07, 6.45) is 0. The molecule has 0 N–H and O–H groups in total. The number of benzene rings is 2. The fraction of sp³-hybridized carbons (Fsp3) is 0.118. The van der Waals surface area contributed by atoms with E-state index in [9.17, 15) is 35.1 Å². The molecule has 30 heavy (non-hydrogen) atoms. The van der Waals surface area contributed by atoms with Gasteiger partial charge in [0.1, 0.15) is 3.14 Å². The molecule has 160 valence electrons. The number of halogens is 8. The van der Waals surface area contributed by atoms with Crippen LogP contribution in [0.1, 0.15) is 11.1 Å². The lowest BCUT2D eigenvalue weighted by Gasteiger charge is -2.07. The van der Waals surface area contributed by atoms with Crippen molar-refractivity contribution in [1.82, 2.24) is 0 Å². The summed E-state index contributed by atoms with van der Waals surface area (Å²) in [5.41, 5.74) is -0.823. The van der Waals surface area contributed by atoms with Crippen LogP contribution in [0.3, 0.4) is 0 Å². The number of hydrogen-bond donors (Lipinski definition) is 0. The van der Waals surface area contributed by atoms with E-state index in [0.717, 1.165) is 46.2 Å². The highest BCUT2D eigenvalue weighted by Gasteiger charge is 2.21. The molecule has 0 amide bonds. The highest BCUT2D eigenvalue weighted by molar-refractivity contribution is 8.04. The molecule has 0 aliphatic heterocycles. The summed E-state index contributed by atoms with van der Waals surface area (Å²) in [5.74, 6) is -14.3. The van der Waals surface area contributed by atoms with Crippen LogP contribution < -0.4 is 0 Å². The van der Waals surface area contributed by atoms with E-state index in [2.05, 4.69) is 0 Å². The molecule has 13 heteroatoms. The van der Waals surface area contributed by atoms with Gasteiger partial charge in [0.2, 0.25) is 0 Å². The van der Waals surface area contributed by atoms with E-state index in [-0.39, 0.29) is 11.5 Å². The van der Waals surface area contributed by atoms with Gasteiger partial charge in [-0.05, 0) is 12.1 Å². The molecular weight excluding hydrogens is 517 g/mol. The standard InChI is InChI=1S/C17H6F8S5/c18-7-1-5(9(20)13(24)11(7)22)3-27-15-16(30-17(26)29-15)28-4-6-2-8(19)12(23)14(25)10(6)21/h1-2H,3-4H2. The third-order valence-corrected chi connectivity index (χ3v) is 9.27. The predicted octanol–water partition coefficient (Wildman–Crippen LogP) is 8.24. The fourth-order valence-corrected chi connectivity index (χ4v) is 8.20. The maximum Gasteiger partial charge on any atom is 0.197 e. The Hall–Kier alpha value is -1.15. The zero-order valence-electron chi connectivity index (χ0n) is 14.1. The lowest BCUT2D eigenvalue weighted by atomic mass is 10.2. The predicted molar refractivity (Wildman–Crippen MR) is 105 cm³/mol. The van der Waals surface area contributed by atoms with Crippen LogP contribution in [0, 0.1) is 49.7 Å². The van der Waals surface area contributed by atoms with Crippen LogP contribution in [0.4, 0.5) is 35.1 Å². The minimum atomic E-state index is -1.92. The van der Waals surface area contributed by atoms with Crippen LogP contribution in [0.25, 0.3) is 0 Å². The van der Waals surface area contributed by atoms with Crippen molar-refractivity contribution in [3.8, 4) is 0 Å². The van der Waals surface area contributed by atoms with Gasteiger partial charge in [-0.15, -0.1) is 46.2 Å². The normalized spacial score (nSPS) is 11.3. The average molecular weight is 523 g/mol. The molecule has 0 atom stereocenters. The van der Waals surface area contributed by atoms with E-state index in [4.69, 9.17) is 12.2 Å². The van der Waals surface area contributed by atoms with E-state index in [1.807, 2.05) is 0 Å². The summed E-state index contributed by atoms with van der Waals surface area (Å²) in [7, 11) is 0. The smallest absolute Gasteiger partial charge is 0.197 e. The van der Waals surface area contributed by atoms with Gasteiger partial charge in [-0.2, -0.15) is 0 Å². The minimum Gasteiger partial charge on any atom is -0.204 e. The van der Waals surface area contributed by atoms with Gasteiger partial charge in [0, 0.05) is 22.6 Å². The van der Waals surface area contributed by atoms with Crippen LogP contribution in [0.5, 0.6) is 0 Å². The summed E-state index contributed by atoms with van der Waals surface area (Å²) in [4.78, 5) is 0. The molecule has 0 fully saturated rings. The van der Waals surface area contributed by atoms with Crippen molar-refractivity contribution < 1.29 is 35.1 Å². The number of thioether (sulfide) groups is 2. The first-order valence-electron chi connectivity index (χ1n) is 7.63. The van der Waals surface area contributed by atoms with Crippen molar-refractivity contribution in [2.75, 3.05) is 0 Å². The second-order valence-corrected chi connectivity index (χ2v) is 11.2. The largest absolute Gasteiger partial charge is 0.204 e. The molecule has 0 aliphatic rings. The Labute approximate surface area is 185 Å². The minimum absolute atomic E-state index is 0.260. The second-order valence-electron chi connectivity index (χ2n) is 5.53. The van der Waals surface area contributed by atoms with E-state index in [0.29, 0.717) is 23.7 Å². The molecule has 3 rings (SSSR count). The summed E-state index contributed by atoms with van der Waals surface area (Å²) < 4.78 is 109. The molecular formula is C17H6F8S5. The quantitative estimate of drug-likeness (QED) is 0.105. The third-order valence-electron chi connectivity index (χ3n) is 3.59. The zero-order valence-corrected chi connectivity index (χ0v) is 18.2. The van der Waals surface area contributed by atoms with E-state index in [1.54, 1.807) is 0 Å². The maximum atomic E-state index is 13.8. The third kappa shape index (κ3) is 4.85. The molecule has 0 radical (unpaired) electrons. The first kappa shape index (κ1) is 23.5. The van der Waals surface area contributed by atoms with Gasteiger partial charge in [-0.3, -0.25) is 0 Å². The Bertz CT molecular complexity index is 1080. The monoisotopic (exact) mass is 522 g/mol. The summed E-state index contributed by atoms with van der Waals surface area (Å²) in [6.45, 7) is 0. The van der Waals surface area contributed by atoms with Crippen molar-refractivity contribution in [2.24, 2.45) is 0 Å². The van der Waals surface area contributed by atoms with Crippen molar-refractivity contribution in [3.63, 3.8) is 0 Å². The van der Waals surface area contributed by atoms with Crippen LogP contribution in [-0.4, -0.2) is 0 Å². The molecule has 0 nitrogen and oxygen atoms in total. The molecule has 0 aliphatic carbocycles. The first-order valence-corrected chi connectivity index (χ1v) is 11.6. The van der Waals surface area contributed by atoms with Crippen molar-refractivity contribution in [2.45, 2.75) is 19.9 Å². The Morgan fingerprint density at radius 2 is 0.967 bits per heavy atom. The van der Waals surface area contributed by atoms with Crippen molar-refractivity contribution in [1.29, 1.82) is 0 Å². The Morgan fingerprint density at radius 3 is 1.33 bits per heavy atom. The lowest BCUT2D eigenvalue weighted by Crippen LogP contribution is -2.00. The SMILES string of the molecule is Fc1cc(CSc2sc(=S)sc2SCc2cc(F)c(F)c(F)c2F)c(F)c(F)c1F. The van der Waals surface area contributed by atoms with Crippen LogP contribution >= 0.6 is 58.4 Å². The van der Waals surface area contributed by atoms with Gasteiger partial charge < -0.3 is 0 Å². The molecule has 0 bridgehead atoms. The molecule has 0 unspecified atom stereocenters. The number of hydrogen-bond acceptors (Lipinski definition) is 5. The van der Waals surface area contributed by atoms with Crippen molar-refractivity contribution >= 4 is 58.4 Å². The Balaban J connectivity index is 1.79. The summed E-state index contributed by atoms with van der Waals surface area (Å²) in [5, 5.41) is 0. The Kier molecular flexibility index (Phi) is 7.49. The van der Waals surface area contributed by atoms with Gasteiger partial charge in [0.25, 0.3) is 0 Å². The van der Waals surface area contributed by atoms with Crippen LogP contribution in [-0.2, 0) is 11.5 Å². The molecule has 1 heterocycles. The van der Waals surface area contributed by atoms with Crippen LogP contribution in [0.2, 0.25) is 0 Å². The van der Waals surface area contributed by atoms with E-state index in [1.165, 1.54) is 0 Å². The summed E-state index contributed by atoms with van der Waals surface area (Å²) >= 11 is 9.15. The fourth-order valence-electron chi connectivity index (χ4n) is 2.17. The van der Waals surface area contributed by atoms with Crippen LogP contribution in [0.15, 0.2) is 20.6 Å². The highest BCUT2D eigenvalue weighted by atomic mass is 32.2. The van der Waals surface area contributed by atoms with Crippen molar-refractivity contribution in [3.05, 3.63) is 72.9 Å². The zero-order chi connectivity index (χ0) is 22.2. The molecule has 0 saturated carbocycles. The highest BCUT2D eigenvalue weighted by Crippen LogP contribution is 2.43. The lowest BCUT2D eigenvalue weighted by molar-refractivity contribution is 0.405.